The molecule has 0 aliphatic carbocycles. The quantitative estimate of drug-likeness (QED) is 0.317. The number of alkyl halides is 6. The van der Waals surface area contributed by atoms with Gasteiger partial charge in [-0.25, -0.2) is 19.6 Å². The minimum Gasteiger partial charge on any atom is -0.444 e. The lowest BCUT2D eigenvalue weighted by Gasteiger charge is -2.31. The molecule has 19 heteroatoms. The summed E-state index contributed by atoms with van der Waals surface area (Å²) in [4.78, 5) is 44.2. The summed E-state index contributed by atoms with van der Waals surface area (Å²) in [5.41, 5.74) is -0.931. The first-order valence-electron chi connectivity index (χ1n) is 13.2. The maximum absolute atomic E-state index is 13.0. The minimum atomic E-state index is -4.65. The van der Waals surface area contributed by atoms with E-state index in [4.69, 9.17) is 9.47 Å². The van der Waals surface area contributed by atoms with Gasteiger partial charge in [0.05, 0.1) is 24.5 Å². The number of nitrogens with one attached hydrogen (secondary N) is 1. The van der Waals surface area contributed by atoms with Crippen LogP contribution in [0.5, 0.6) is 0 Å². The van der Waals surface area contributed by atoms with Crippen LogP contribution in [0.3, 0.4) is 0 Å². The van der Waals surface area contributed by atoms with Crippen molar-refractivity contribution in [2.75, 3.05) is 18.4 Å². The zero-order chi connectivity index (χ0) is 33.4. The Morgan fingerprint density at radius 1 is 0.750 bits per heavy atom. The zero-order valence-electron chi connectivity index (χ0n) is 24.7. The van der Waals surface area contributed by atoms with Crippen molar-refractivity contribution in [2.24, 2.45) is 0 Å². The molecule has 0 spiro atoms. The number of halogens is 7. The van der Waals surface area contributed by atoms with Gasteiger partial charge in [0.2, 0.25) is 18.1 Å². The van der Waals surface area contributed by atoms with Gasteiger partial charge in [-0.1, -0.05) is 0 Å². The minimum absolute atomic E-state index is 0.0264. The van der Waals surface area contributed by atoms with Crippen LogP contribution in [0.4, 0.5) is 41.7 Å². The highest BCUT2D eigenvalue weighted by Gasteiger charge is 2.42. The molecule has 2 aromatic rings. The van der Waals surface area contributed by atoms with Crippen LogP contribution < -0.4 is 5.32 Å². The number of hydrogen-bond donors (Lipinski definition) is 1. The van der Waals surface area contributed by atoms with Crippen molar-refractivity contribution in [3.8, 4) is 0 Å². The summed E-state index contributed by atoms with van der Waals surface area (Å²) in [6, 6.07) is 0. The van der Waals surface area contributed by atoms with Crippen LogP contribution in [-0.4, -0.2) is 71.8 Å². The Balaban J connectivity index is 0.000000241. The van der Waals surface area contributed by atoms with E-state index in [9.17, 15) is 40.7 Å². The van der Waals surface area contributed by atoms with Crippen LogP contribution in [0.2, 0.25) is 0 Å². The highest BCUT2D eigenvalue weighted by Crippen LogP contribution is 2.35. The fraction of sp³-hybridized carbons (Fsp3) is 0.640. The molecule has 4 rings (SSSR count). The molecule has 0 atom stereocenters. The van der Waals surface area contributed by atoms with E-state index >= 15 is 0 Å². The van der Waals surface area contributed by atoms with Gasteiger partial charge < -0.3 is 33.7 Å². The number of nitrogens with zero attached hydrogens (tertiary/aromatic N) is 6. The topological polar surface area (TPSA) is 124 Å². The predicted octanol–water partition coefficient (Wildman–Crippen LogP) is 5.64. The van der Waals surface area contributed by atoms with Crippen molar-refractivity contribution in [1.82, 2.24) is 28.9 Å². The molecule has 44 heavy (non-hydrogen) atoms. The van der Waals surface area contributed by atoms with Gasteiger partial charge in [-0.05, 0) is 57.5 Å². The Morgan fingerprint density at radius 2 is 1.16 bits per heavy atom. The smallest absolute Gasteiger partial charge is 0.444 e. The van der Waals surface area contributed by atoms with Crippen molar-refractivity contribution >= 4 is 40.3 Å². The molecule has 0 aromatic carbocycles. The number of aromatic nitrogens is 4. The largest absolute Gasteiger partial charge is 0.449 e. The van der Waals surface area contributed by atoms with E-state index in [0.29, 0.717) is 5.69 Å². The third-order valence-electron chi connectivity index (χ3n) is 5.97. The summed E-state index contributed by atoms with van der Waals surface area (Å²) < 4.78 is 90.2. The number of carbonyl (C=O) groups excluding carboxylic acids is 3. The third-order valence-corrected chi connectivity index (χ3v) is 6.61. The molecule has 0 saturated carbocycles. The first kappa shape index (κ1) is 35.0. The number of carbonyl (C=O) groups is 3. The molecule has 2 aliphatic rings. The number of fused-ring (bicyclic) bond motifs is 2. The second-order valence-corrected chi connectivity index (χ2v) is 12.5. The van der Waals surface area contributed by atoms with Gasteiger partial charge in [-0.2, -0.15) is 26.3 Å². The average molecular weight is 704 g/mol. The van der Waals surface area contributed by atoms with Crippen molar-refractivity contribution in [1.29, 1.82) is 0 Å². The molecule has 2 aliphatic heterocycles. The van der Waals surface area contributed by atoms with Crippen LogP contribution in [0, 0.1) is 0 Å². The fourth-order valence-electron chi connectivity index (χ4n) is 4.27. The first-order chi connectivity index (χ1) is 20.0. The van der Waals surface area contributed by atoms with Crippen LogP contribution >= 0.6 is 15.9 Å². The van der Waals surface area contributed by atoms with E-state index in [1.165, 1.54) is 9.80 Å². The molecule has 0 bridgehead atoms. The maximum Gasteiger partial charge on any atom is 0.449 e. The van der Waals surface area contributed by atoms with Crippen molar-refractivity contribution in [2.45, 2.75) is 91.3 Å². The Hall–Kier alpha value is -3.51. The van der Waals surface area contributed by atoms with Gasteiger partial charge in [-0.3, -0.25) is 4.79 Å². The number of hydrogen-bond acceptors (Lipinski definition) is 7. The van der Waals surface area contributed by atoms with Gasteiger partial charge in [0.25, 0.3) is 0 Å². The second kappa shape index (κ2) is 12.5. The average Bonchev–Trinajstić information content (AvgIpc) is 3.40. The van der Waals surface area contributed by atoms with E-state index in [2.05, 4.69) is 31.2 Å². The molecule has 0 radical (unpaired) electrons. The van der Waals surface area contributed by atoms with Gasteiger partial charge in [0.15, 0.2) is 5.82 Å². The van der Waals surface area contributed by atoms with Crippen LogP contribution in [0.15, 0.2) is 4.60 Å². The Morgan fingerprint density at radius 3 is 1.57 bits per heavy atom. The Labute approximate surface area is 256 Å². The highest BCUT2D eigenvalue weighted by molar-refractivity contribution is 9.10. The van der Waals surface area contributed by atoms with Crippen LogP contribution in [0.25, 0.3) is 0 Å². The molecule has 12 nitrogen and oxygen atoms in total. The molecule has 0 unspecified atom stereocenters. The van der Waals surface area contributed by atoms with Crippen molar-refractivity contribution in [3.63, 3.8) is 0 Å². The van der Waals surface area contributed by atoms with Crippen molar-refractivity contribution < 1.29 is 50.2 Å². The predicted molar refractivity (Wildman–Crippen MR) is 145 cm³/mol. The number of ether oxygens (including phenoxy) is 2. The summed E-state index contributed by atoms with van der Waals surface area (Å²) in [7, 11) is 0. The Kier molecular flexibility index (Phi) is 9.91. The normalized spacial score (nSPS) is 15.5. The van der Waals surface area contributed by atoms with Gasteiger partial charge in [0, 0.05) is 26.2 Å². The number of amides is 3. The summed E-state index contributed by atoms with van der Waals surface area (Å²) in [5, 5.41) is 2.14. The summed E-state index contributed by atoms with van der Waals surface area (Å²) in [6.45, 7) is 10.3. The lowest BCUT2D eigenvalue weighted by molar-refractivity contribution is -0.148. The number of rotatable bonds is 2. The molecule has 246 valence electrons. The first-order valence-corrected chi connectivity index (χ1v) is 14.0. The Bertz CT molecular complexity index is 1390. The van der Waals surface area contributed by atoms with E-state index in [-0.39, 0.29) is 61.8 Å². The second-order valence-electron chi connectivity index (χ2n) is 11.8. The lowest BCUT2D eigenvalue weighted by Crippen LogP contribution is -2.42. The molecule has 0 saturated heterocycles. The number of imidazole rings is 2. The zero-order valence-corrected chi connectivity index (χ0v) is 26.3. The molecular weight excluding hydrogens is 672 g/mol. The van der Waals surface area contributed by atoms with E-state index in [1.54, 1.807) is 41.5 Å². The summed E-state index contributed by atoms with van der Waals surface area (Å²) in [6.07, 6.45) is -10.1. The molecule has 4 heterocycles. The van der Waals surface area contributed by atoms with E-state index < -0.39 is 47.4 Å². The van der Waals surface area contributed by atoms with Gasteiger partial charge >= 0.3 is 24.5 Å². The van der Waals surface area contributed by atoms with Crippen LogP contribution in [-0.2, 0) is 52.8 Å². The molecule has 1 N–H and O–H groups in total. The van der Waals surface area contributed by atoms with E-state index in [0.717, 1.165) is 9.13 Å². The molecule has 2 aromatic heterocycles. The summed E-state index contributed by atoms with van der Waals surface area (Å²) >= 11 is 3.02. The fourth-order valence-corrected chi connectivity index (χ4v) is 4.77. The van der Waals surface area contributed by atoms with Gasteiger partial charge in [0.1, 0.15) is 15.8 Å². The SMILES string of the molecule is CC(C)(C)OC(=O)N1CCn2c(C(F)(F)F)nc(Br)c2C1.CC(C)(C)OC(=O)N1CCn2c(C(F)(F)F)nc(NC=O)c2C1. The summed E-state index contributed by atoms with van der Waals surface area (Å²) in [5.74, 6) is -2.26. The third kappa shape index (κ3) is 8.56. The lowest BCUT2D eigenvalue weighted by atomic mass is 10.2. The monoisotopic (exact) mass is 703 g/mol. The standard InChI is InChI=1S/C13H17F3N4O3.C12H15BrF3N3O2/c1-12(2,3)23-11(22)19-4-5-20-8(6-19)9(17-7-21)18-10(20)13(14,15)16;1-11(2,3)21-10(20)18-4-5-19-7(6-18)8(13)17-9(19)12(14,15)16/h7H,4-6H2,1-3H3,(H,17,21);4-6H2,1-3H3. The molecule has 0 fully saturated rings. The number of anilines is 1. The molecule has 3 amide bonds. The maximum atomic E-state index is 13.0. The van der Waals surface area contributed by atoms with E-state index in [1.807, 2.05) is 0 Å². The van der Waals surface area contributed by atoms with Crippen molar-refractivity contribution in [3.05, 3.63) is 27.6 Å². The highest BCUT2D eigenvalue weighted by atomic mass is 79.9. The molecular formula is C25H32BrF6N7O5. The van der Waals surface area contributed by atoms with Gasteiger partial charge in [-0.15, -0.1) is 0 Å². The van der Waals surface area contributed by atoms with Crippen LogP contribution in [0.1, 0.15) is 64.6 Å².